The van der Waals surface area contributed by atoms with Crippen LogP contribution >= 0.6 is 0 Å². The van der Waals surface area contributed by atoms with Gasteiger partial charge in [-0.05, 0) is 48.0 Å². The topological polar surface area (TPSA) is 20.3 Å². The Hall–Kier alpha value is -3.91. The van der Waals surface area contributed by atoms with Gasteiger partial charge in [-0.15, -0.1) is 0 Å². The number of hydrogen-bond donors (Lipinski definition) is 0. The number of hydrogen-bond acceptors (Lipinski definition) is 2. The van der Waals surface area contributed by atoms with Crippen molar-refractivity contribution in [2.24, 2.45) is 0 Å². The first-order valence-corrected chi connectivity index (χ1v) is 9.59. The molecule has 0 amide bonds. The third-order valence-corrected chi connectivity index (χ3v) is 4.67. The van der Waals surface area contributed by atoms with Crippen molar-refractivity contribution in [2.75, 3.05) is 4.90 Å². The second-order valence-electron chi connectivity index (χ2n) is 6.66. The summed E-state index contributed by atoms with van der Waals surface area (Å²) in [6.07, 6.45) is 3.48. The summed E-state index contributed by atoms with van der Waals surface area (Å²) in [5.74, 6) is 0.00451. The van der Waals surface area contributed by atoms with Crippen LogP contribution in [0.25, 0.3) is 6.08 Å². The molecule has 2 heteroatoms. The van der Waals surface area contributed by atoms with Gasteiger partial charge in [-0.1, -0.05) is 84.9 Å². The molecular formula is C27H21NO. The number of para-hydroxylation sites is 2. The summed E-state index contributed by atoms with van der Waals surface area (Å²) in [7, 11) is 0. The lowest BCUT2D eigenvalue weighted by atomic mass is 10.1. The van der Waals surface area contributed by atoms with Crippen molar-refractivity contribution in [1.29, 1.82) is 0 Å². The normalized spacial score (nSPS) is 10.8. The lowest BCUT2D eigenvalue weighted by molar-refractivity contribution is 0.104. The average molecular weight is 375 g/mol. The van der Waals surface area contributed by atoms with Gasteiger partial charge in [-0.3, -0.25) is 4.79 Å². The summed E-state index contributed by atoms with van der Waals surface area (Å²) in [5, 5.41) is 0. The monoisotopic (exact) mass is 375 g/mol. The fourth-order valence-electron chi connectivity index (χ4n) is 3.21. The summed E-state index contributed by atoms with van der Waals surface area (Å²) < 4.78 is 0. The molecule has 4 aromatic carbocycles. The molecule has 0 aromatic heterocycles. The number of anilines is 3. The molecule has 0 aliphatic heterocycles. The minimum atomic E-state index is 0.00451. The third-order valence-electron chi connectivity index (χ3n) is 4.67. The number of ketones is 1. The van der Waals surface area contributed by atoms with Gasteiger partial charge in [0.15, 0.2) is 5.78 Å². The molecule has 4 aromatic rings. The summed E-state index contributed by atoms with van der Waals surface area (Å²) in [5.41, 5.74) is 4.94. The van der Waals surface area contributed by atoms with Crippen LogP contribution in [0, 0.1) is 0 Å². The Kier molecular flexibility index (Phi) is 5.63. The molecule has 2 nitrogen and oxygen atoms in total. The molecule has 0 aliphatic rings. The highest BCUT2D eigenvalue weighted by Crippen LogP contribution is 2.34. The van der Waals surface area contributed by atoms with E-state index in [4.69, 9.17) is 0 Å². The maximum absolute atomic E-state index is 12.3. The Morgan fingerprint density at radius 1 is 0.552 bits per heavy atom. The number of benzene rings is 4. The Labute approximate surface area is 171 Å². The summed E-state index contributed by atoms with van der Waals surface area (Å²) in [4.78, 5) is 14.5. The minimum Gasteiger partial charge on any atom is -0.311 e. The molecule has 4 rings (SSSR count). The van der Waals surface area contributed by atoms with Crippen molar-refractivity contribution >= 4 is 28.9 Å². The van der Waals surface area contributed by atoms with Gasteiger partial charge in [-0.2, -0.15) is 0 Å². The van der Waals surface area contributed by atoms with Gasteiger partial charge in [-0.25, -0.2) is 0 Å². The second-order valence-corrected chi connectivity index (χ2v) is 6.66. The van der Waals surface area contributed by atoms with Crippen molar-refractivity contribution in [1.82, 2.24) is 0 Å². The Morgan fingerprint density at radius 2 is 1.00 bits per heavy atom. The predicted octanol–water partition coefficient (Wildman–Crippen LogP) is 7.05. The van der Waals surface area contributed by atoms with Crippen LogP contribution in [0.1, 0.15) is 15.9 Å². The quantitative estimate of drug-likeness (QED) is 0.266. The zero-order valence-electron chi connectivity index (χ0n) is 16.0. The Morgan fingerprint density at radius 3 is 1.52 bits per heavy atom. The zero-order chi connectivity index (χ0) is 19.9. The van der Waals surface area contributed by atoms with Crippen LogP contribution in [0.4, 0.5) is 17.1 Å². The first-order chi connectivity index (χ1) is 14.3. The van der Waals surface area contributed by atoms with Crippen molar-refractivity contribution < 1.29 is 4.79 Å². The fraction of sp³-hybridized carbons (Fsp3) is 0. The highest BCUT2D eigenvalue weighted by molar-refractivity contribution is 6.06. The second kappa shape index (κ2) is 8.85. The molecule has 0 fully saturated rings. The lowest BCUT2D eigenvalue weighted by Crippen LogP contribution is -2.09. The third kappa shape index (κ3) is 4.50. The van der Waals surface area contributed by atoms with Gasteiger partial charge in [0.1, 0.15) is 0 Å². The summed E-state index contributed by atoms with van der Waals surface area (Å²) in [6, 6.07) is 38.1. The van der Waals surface area contributed by atoms with E-state index in [0.717, 1.165) is 22.6 Å². The largest absolute Gasteiger partial charge is 0.311 e. The van der Waals surface area contributed by atoms with Gasteiger partial charge in [0.2, 0.25) is 0 Å². The molecule has 0 bridgehead atoms. The van der Waals surface area contributed by atoms with E-state index in [9.17, 15) is 4.79 Å². The maximum atomic E-state index is 12.3. The molecule has 29 heavy (non-hydrogen) atoms. The van der Waals surface area contributed by atoms with Crippen LogP contribution in [0.15, 0.2) is 121 Å². The Balaban J connectivity index is 1.59. The predicted molar refractivity (Wildman–Crippen MR) is 121 cm³/mol. The van der Waals surface area contributed by atoms with Gasteiger partial charge >= 0.3 is 0 Å². The van der Waals surface area contributed by atoms with Crippen LogP contribution in [-0.4, -0.2) is 5.78 Å². The van der Waals surface area contributed by atoms with E-state index in [1.165, 1.54) is 0 Å². The van der Waals surface area contributed by atoms with Crippen LogP contribution in [0.2, 0.25) is 0 Å². The molecule has 0 heterocycles. The van der Waals surface area contributed by atoms with Gasteiger partial charge in [0.05, 0.1) is 0 Å². The number of rotatable bonds is 6. The Bertz CT molecular complexity index is 1050. The highest BCUT2D eigenvalue weighted by Gasteiger charge is 2.11. The van der Waals surface area contributed by atoms with E-state index in [-0.39, 0.29) is 5.78 Å². The van der Waals surface area contributed by atoms with Crippen molar-refractivity contribution in [3.05, 3.63) is 132 Å². The zero-order valence-corrected chi connectivity index (χ0v) is 16.0. The summed E-state index contributed by atoms with van der Waals surface area (Å²) >= 11 is 0. The van der Waals surface area contributed by atoms with Gasteiger partial charge in [0, 0.05) is 22.6 Å². The molecule has 0 atom stereocenters. The molecule has 0 aliphatic carbocycles. The lowest BCUT2D eigenvalue weighted by Gasteiger charge is -2.25. The SMILES string of the molecule is O=C(/C=C/c1ccc(N(c2ccccc2)c2ccccc2)cc1)c1ccccc1. The standard InChI is InChI=1S/C27H21NO/c29-27(23-10-4-1-5-11-23)21-18-22-16-19-26(20-17-22)28(24-12-6-2-7-13-24)25-14-8-3-9-15-25/h1-21H/b21-18+. The van der Waals surface area contributed by atoms with Crippen molar-refractivity contribution in [2.45, 2.75) is 0 Å². The van der Waals surface area contributed by atoms with E-state index >= 15 is 0 Å². The van der Waals surface area contributed by atoms with E-state index in [1.54, 1.807) is 6.08 Å². The first kappa shape index (κ1) is 18.5. The van der Waals surface area contributed by atoms with Crippen LogP contribution in [0.5, 0.6) is 0 Å². The van der Waals surface area contributed by atoms with Crippen LogP contribution < -0.4 is 4.90 Å². The molecule has 0 saturated heterocycles. The smallest absolute Gasteiger partial charge is 0.185 e. The van der Waals surface area contributed by atoms with E-state index in [0.29, 0.717) is 5.56 Å². The van der Waals surface area contributed by atoms with Crippen molar-refractivity contribution in [3.63, 3.8) is 0 Å². The average Bonchev–Trinajstić information content (AvgIpc) is 2.80. The molecule has 0 N–H and O–H groups in total. The number of allylic oxidation sites excluding steroid dienone is 1. The molecular weight excluding hydrogens is 354 g/mol. The summed E-state index contributed by atoms with van der Waals surface area (Å²) in [6.45, 7) is 0. The van der Waals surface area contributed by atoms with Crippen LogP contribution in [-0.2, 0) is 0 Å². The van der Waals surface area contributed by atoms with Gasteiger partial charge in [0.25, 0.3) is 0 Å². The minimum absolute atomic E-state index is 0.00451. The molecule has 0 unspecified atom stereocenters. The van der Waals surface area contributed by atoms with E-state index in [2.05, 4.69) is 41.3 Å². The number of nitrogens with zero attached hydrogens (tertiary/aromatic N) is 1. The molecule has 0 radical (unpaired) electrons. The number of carbonyl (C=O) groups is 1. The number of carbonyl (C=O) groups excluding carboxylic acids is 1. The molecule has 0 spiro atoms. The first-order valence-electron chi connectivity index (χ1n) is 9.59. The maximum Gasteiger partial charge on any atom is 0.185 e. The molecule has 140 valence electrons. The van der Waals surface area contributed by atoms with Crippen molar-refractivity contribution in [3.8, 4) is 0 Å². The van der Waals surface area contributed by atoms with E-state index in [1.807, 2.05) is 84.9 Å². The van der Waals surface area contributed by atoms with Crippen LogP contribution in [0.3, 0.4) is 0 Å². The highest BCUT2D eigenvalue weighted by atomic mass is 16.1. The van der Waals surface area contributed by atoms with E-state index < -0.39 is 0 Å². The molecule has 0 saturated carbocycles. The fourth-order valence-corrected chi connectivity index (χ4v) is 3.21. The van der Waals surface area contributed by atoms with Gasteiger partial charge < -0.3 is 4.90 Å².